The quantitative estimate of drug-likeness (QED) is 0.642. The van der Waals surface area contributed by atoms with E-state index in [9.17, 15) is 23.6 Å². The minimum atomic E-state index is -4.13. The van der Waals surface area contributed by atoms with Crippen molar-refractivity contribution in [3.63, 3.8) is 0 Å². The van der Waals surface area contributed by atoms with E-state index in [4.69, 9.17) is 0 Å². The third kappa shape index (κ3) is 2.46. The van der Waals surface area contributed by atoms with E-state index >= 15 is 0 Å². The lowest BCUT2D eigenvalue weighted by Gasteiger charge is -2.10. The number of nitrogens with zero attached hydrogens (tertiary/aromatic N) is 4. The number of rotatable bonds is 4. The average molecular weight is 326 g/mol. The van der Waals surface area contributed by atoms with Crippen molar-refractivity contribution in [1.29, 1.82) is 0 Å². The molecule has 22 heavy (non-hydrogen) atoms. The van der Waals surface area contributed by atoms with Crippen LogP contribution in [0.15, 0.2) is 22.1 Å². The maximum atomic E-state index is 12.8. The van der Waals surface area contributed by atoms with Gasteiger partial charge in [-0.1, -0.05) is 17.7 Å². The van der Waals surface area contributed by atoms with Crippen molar-refractivity contribution < 1.29 is 18.6 Å². The molecule has 0 radical (unpaired) electrons. The van der Waals surface area contributed by atoms with Crippen molar-refractivity contribution in [1.82, 2.24) is 15.1 Å². The number of sulfone groups is 1. The van der Waals surface area contributed by atoms with Crippen LogP contribution in [0.4, 0.5) is 0 Å². The first kappa shape index (κ1) is 16.0. The second-order valence-electron chi connectivity index (χ2n) is 4.86. The highest BCUT2D eigenvalue weighted by Gasteiger charge is 2.34. The number of nitro groups is 1. The van der Waals surface area contributed by atoms with Gasteiger partial charge in [0.15, 0.2) is 10.9 Å². The fraction of sp³-hybridized carbons (Fsp3) is 0.333. The normalized spacial score (nSPS) is 11.6. The van der Waals surface area contributed by atoms with Crippen molar-refractivity contribution in [3.8, 4) is 0 Å². The zero-order chi connectivity index (χ0) is 16.7. The average Bonchev–Trinajstić information content (AvgIpc) is 2.81. The van der Waals surface area contributed by atoms with Crippen LogP contribution in [-0.4, -0.2) is 33.7 Å². The Balaban J connectivity index is 2.75. The molecule has 0 spiro atoms. The van der Waals surface area contributed by atoms with Crippen LogP contribution in [0.3, 0.4) is 0 Å². The third-order valence-corrected chi connectivity index (χ3v) is 5.15. The summed E-state index contributed by atoms with van der Waals surface area (Å²) < 4.78 is 25.5. The molecule has 1 aromatic heterocycles. The molecule has 1 N–H and O–H groups in total. The molecule has 0 aliphatic rings. The molecule has 1 aromatic carbocycles. The van der Waals surface area contributed by atoms with Gasteiger partial charge < -0.3 is 15.2 Å². The molecule has 0 atom stereocenters. The summed E-state index contributed by atoms with van der Waals surface area (Å²) in [7, 11) is -4.13. The SMILES string of the molecule is Cc1cc(C)c(S(=O)(=O)c2nnn([N+](=O)[O-])c2CO)c(C)c1. The Kier molecular flexibility index (Phi) is 3.98. The van der Waals surface area contributed by atoms with E-state index in [1.165, 1.54) is 0 Å². The number of hydrogen-bond acceptors (Lipinski definition) is 7. The molecule has 0 saturated heterocycles. The van der Waals surface area contributed by atoms with Crippen molar-refractivity contribution >= 4 is 9.84 Å². The summed E-state index contributed by atoms with van der Waals surface area (Å²) in [4.78, 5) is 11.0. The van der Waals surface area contributed by atoms with Gasteiger partial charge >= 0.3 is 0 Å². The molecular formula is C12H14N4O5S. The molecule has 0 saturated carbocycles. The van der Waals surface area contributed by atoms with Crippen LogP contribution in [0.2, 0.25) is 0 Å². The van der Waals surface area contributed by atoms with E-state index in [0.717, 1.165) is 5.56 Å². The number of hydrogen-bond donors (Lipinski definition) is 1. The molecule has 0 unspecified atom stereocenters. The molecule has 0 fully saturated rings. The molecule has 10 heteroatoms. The molecule has 2 rings (SSSR count). The highest BCUT2D eigenvalue weighted by atomic mass is 32.2. The van der Waals surface area contributed by atoms with Crippen LogP contribution < -0.4 is 0 Å². The minimum Gasteiger partial charge on any atom is -0.390 e. The third-order valence-electron chi connectivity index (χ3n) is 3.14. The summed E-state index contributed by atoms with van der Waals surface area (Å²) in [6.07, 6.45) is 0. The second-order valence-corrected chi connectivity index (χ2v) is 6.66. The molecule has 9 nitrogen and oxygen atoms in total. The summed E-state index contributed by atoms with van der Waals surface area (Å²) >= 11 is 0. The van der Waals surface area contributed by atoms with E-state index in [0.29, 0.717) is 11.1 Å². The predicted molar refractivity (Wildman–Crippen MR) is 74.4 cm³/mol. The first-order valence-electron chi connectivity index (χ1n) is 6.23. The maximum absolute atomic E-state index is 12.8. The van der Waals surface area contributed by atoms with E-state index in [1.54, 1.807) is 26.0 Å². The summed E-state index contributed by atoms with van der Waals surface area (Å²) in [5.41, 5.74) is 1.41. The van der Waals surface area contributed by atoms with Crippen molar-refractivity contribution in [3.05, 3.63) is 44.6 Å². The van der Waals surface area contributed by atoms with Gasteiger partial charge in [0, 0.05) is 5.10 Å². The smallest absolute Gasteiger partial charge is 0.239 e. The summed E-state index contributed by atoms with van der Waals surface area (Å²) in [5, 5.41) is 25.1. The monoisotopic (exact) mass is 326 g/mol. The summed E-state index contributed by atoms with van der Waals surface area (Å²) in [5.74, 6) is 0. The zero-order valence-corrected chi connectivity index (χ0v) is 13.0. The Morgan fingerprint density at radius 2 is 1.82 bits per heavy atom. The lowest BCUT2D eigenvalue weighted by atomic mass is 10.1. The van der Waals surface area contributed by atoms with Crippen LogP contribution >= 0.6 is 0 Å². The van der Waals surface area contributed by atoms with Gasteiger partial charge in [-0.15, -0.1) is 0 Å². The Labute approximate surface area is 126 Å². The van der Waals surface area contributed by atoms with E-state index in [1.807, 2.05) is 6.92 Å². The van der Waals surface area contributed by atoms with Gasteiger partial charge in [0.2, 0.25) is 14.9 Å². The molecule has 2 aromatic rings. The molecule has 0 bridgehead atoms. The Morgan fingerprint density at radius 1 is 1.27 bits per heavy atom. The van der Waals surface area contributed by atoms with Crippen LogP contribution in [-0.2, 0) is 16.4 Å². The Hall–Kier alpha value is -2.33. The molecular weight excluding hydrogens is 312 g/mol. The molecule has 0 aliphatic heterocycles. The lowest BCUT2D eigenvalue weighted by Crippen LogP contribution is -2.16. The van der Waals surface area contributed by atoms with E-state index in [-0.39, 0.29) is 9.69 Å². The topological polar surface area (TPSA) is 128 Å². The molecule has 118 valence electrons. The van der Waals surface area contributed by atoms with Crippen LogP contribution in [0.1, 0.15) is 22.4 Å². The zero-order valence-electron chi connectivity index (χ0n) is 12.1. The van der Waals surface area contributed by atoms with Gasteiger partial charge in [-0.3, -0.25) is 0 Å². The van der Waals surface area contributed by atoms with Gasteiger partial charge in [-0.25, -0.2) is 8.42 Å². The van der Waals surface area contributed by atoms with Crippen molar-refractivity contribution in [2.24, 2.45) is 0 Å². The Morgan fingerprint density at radius 3 is 2.27 bits per heavy atom. The number of aliphatic hydroxyl groups excluding tert-OH is 1. The molecule has 1 heterocycles. The highest BCUT2D eigenvalue weighted by molar-refractivity contribution is 7.91. The largest absolute Gasteiger partial charge is 0.390 e. The highest BCUT2D eigenvalue weighted by Crippen LogP contribution is 2.28. The molecule has 0 amide bonds. The standard InChI is InChI=1S/C12H14N4O5S/c1-7-4-8(2)11(9(3)5-7)22(20,21)12-10(6-17)15(14-13-12)16(18)19/h4-5,17H,6H2,1-3H3. The predicted octanol–water partition coefficient (Wildman–Crippen LogP) is 0.568. The summed E-state index contributed by atoms with van der Waals surface area (Å²) in [6, 6.07) is 3.38. The first-order valence-corrected chi connectivity index (χ1v) is 7.71. The van der Waals surface area contributed by atoms with Gasteiger partial charge in [-0.2, -0.15) is 0 Å². The number of aromatic nitrogens is 3. The van der Waals surface area contributed by atoms with E-state index in [2.05, 4.69) is 10.3 Å². The van der Waals surface area contributed by atoms with Crippen LogP contribution in [0.25, 0.3) is 0 Å². The maximum Gasteiger partial charge on any atom is 0.239 e. The fourth-order valence-electron chi connectivity index (χ4n) is 2.44. The van der Waals surface area contributed by atoms with Crippen LogP contribution in [0, 0.1) is 30.9 Å². The summed E-state index contributed by atoms with van der Waals surface area (Å²) in [6.45, 7) is 4.22. The Bertz CT molecular complexity index is 833. The minimum absolute atomic E-state index is 0.0168. The first-order chi connectivity index (χ1) is 10.2. The van der Waals surface area contributed by atoms with Gasteiger partial charge in [0.05, 0.1) is 21.3 Å². The van der Waals surface area contributed by atoms with Gasteiger partial charge in [0.1, 0.15) is 0 Å². The van der Waals surface area contributed by atoms with Crippen LogP contribution in [0.5, 0.6) is 0 Å². The van der Waals surface area contributed by atoms with E-state index < -0.39 is 32.2 Å². The lowest BCUT2D eigenvalue weighted by molar-refractivity contribution is -0.555. The fourth-order valence-corrected chi connectivity index (χ4v) is 4.20. The molecule has 0 aliphatic carbocycles. The van der Waals surface area contributed by atoms with Gasteiger partial charge in [-0.05, 0) is 31.9 Å². The van der Waals surface area contributed by atoms with Crippen molar-refractivity contribution in [2.75, 3.05) is 0 Å². The number of aryl methyl sites for hydroxylation is 3. The second kappa shape index (κ2) is 5.46. The van der Waals surface area contributed by atoms with Crippen molar-refractivity contribution in [2.45, 2.75) is 37.3 Å². The number of aliphatic hydroxyl groups is 1. The van der Waals surface area contributed by atoms with Gasteiger partial charge in [0.25, 0.3) is 0 Å². The number of benzene rings is 1.